The fraction of sp³-hybridized carbons (Fsp3) is 0.308. The van der Waals surface area contributed by atoms with E-state index in [0.29, 0.717) is 0 Å². The Morgan fingerprint density at radius 2 is 0.600 bits per heavy atom. The van der Waals surface area contributed by atoms with Gasteiger partial charge in [-0.2, -0.15) is 0 Å². The molecule has 0 unspecified atom stereocenters. The third-order valence-corrected chi connectivity index (χ3v) is 4.33. The first kappa shape index (κ1) is 28.3. The fourth-order valence-electron chi connectivity index (χ4n) is 2.63. The molecule has 0 amide bonds. The van der Waals surface area contributed by atoms with Crippen LogP contribution in [0.15, 0.2) is 91.0 Å². The van der Waals surface area contributed by atoms with Crippen molar-refractivity contribution in [2.45, 2.75) is 51.9 Å². The first-order valence-corrected chi connectivity index (χ1v) is 10.2. The van der Waals surface area contributed by atoms with Gasteiger partial charge in [-0.05, 0) is 16.7 Å². The molecule has 30 heavy (non-hydrogen) atoms. The van der Waals surface area contributed by atoms with E-state index in [0.717, 1.165) is 16.7 Å². The molecule has 0 atom stereocenters. The molecule has 1 fully saturated rings. The van der Waals surface area contributed by atoms with Gasteiger partial charge in [0, 0.05) is 21.7 Å². The minimum atomic E-state index is 0. The summed E-state index contributed by atoms with van der Waals surface area (Å²) in [6, 6.07) is 28.6. The van der Waals surface area contributed by atoms with Crippen molar-refractivity contribution in [2.75, 3.05) is 0 Å². The Morgan fingerprint density at radius 1 is 0.400 bits per heavy atom. The van der Waals surface area contributed by atoms with E-state index in [4.69, 9.17) is 15.3 Å². The van der Waals surface area contributed by atoms with E-state index >= 15 is 0 Å². The molecule has 1 saturated carbocycles. The van der Waals surface area contributed by atoms with Crippen LogP contribution in [0.2, 0.25) is 0 Å². The van der Waals surface area contributed by atoms with Gasteiger partial charge < -0.3 is 15.3 Å². The monoisotopic (exact) mass is 442 g/mol. The van der Waals surface area contributed by atoms with Crippen molar-refractivity contribution in [1.29, 1.82) is 0 Å². The Morgan fingerprint density at radius 3 is 0.733 bits per heavy atom. The fourth-order valence-corrected chi connectivity index (χ4v) is 2.63. The summed E-state index contributed by atoms with van der Waals surface area (Å²) in [7, 11) is 0. The molecule has 0 aromatic heterocycles. The van der Waals surface area contributed by atoms with E-state index in [1.54, 1.807) is 0 Å². The molecule has 0 radical (unpaired) electrons. The Kier molecular flexibility index (Phi) is 19.3. The predicted molar refractivity (Wildman–Crippen MR) is 120 cm³/mol. The van der Waals surface area contributed by atoms with Crippen LogP contribution < -0.4 is 0 Å². The maximum atomic E-state index is 8.54. The third kappa shape index (κ3) is 15.1. The Balaban J connectivity index is 0.000000374. The van der Waals surface area contributed by atoms with Gasteiger partial charge in [-0.1, -0.05) is 123 Å². The average molecular weight is 442 g/mol. The van der Waals surface area contributed by atoms with Gasteiger partial charge in [-0.15, -0.1) is 0 Å². The first-order chi connectivity index (χ1) is 14.3. The van der Waals surface area contributed by atoms with Gasteiger partial charge in [0.05, 0.1) is 19.8 Å². The van der Waals surface area contributed by atoms with Crippen LogP contribution in [0.4, 0.5) is 0 Å². The van der Waals surface area contributed by atoms with Crippen molar-refractivity contribution in [3.05, 3.63) is 108 Å². The second-order valence-corrected chi connectivity index (χ2v) is 6.70. The van der Waals surface area contributed by atoms with Gasteiger partial charge in [0.1, 0.15) is 0 Å². The molecule has 3 aromatic rings. The van der Waals surface area contributed by atoms with Crippen molar-refractivity contribution in [1.82, 2.24) is 0 Å². The summed E-state index contributed by atoms with van der Waals surface area (Å²) in [4.78, 5) is 0. The maximum absolute atomic E-state index is 8.54. The van der Waals surface area contributed by atoms with Crippen LogP contribution in [0, 0.1) is 0 Å². The molecule has 4 heteroatoms. The molecule has 0 heterocycles. The van der Waals surface area contributed by atoms with Crippen molar-refractivity contribution in [3.63, 3.8) is 0 Å². The topological polar surface area (TPSA) is 60.7 Å². The SMILES string of the molecule is C1CCCC1.OCc1ccccc1.OCc1ccccc1.OCc1ccccc1.[Ti]. The van der Waals surface area contributed by atoms with Crippen LogP contribution in [0.3, 0.4) is 0 Å². The van der Waals surface area contributed by atoms with E-state index in [1.807, 2.05) is 91.0 Å². The molecule has 3 aromatic carbocycles. The van der Waals surface area contributed by atoms with Crippen LogP contribution in [0.25, 0.3) is 0 Å². The molecule has 0 bridgehead atoms. The number of hydrogen-bond donors (Lipinski definition) is 3. The minimum absolute atomic E-state index is 0. The van der Waals surface area contributed by atoms with Gasteiger partial charge in [0.25, 0.3) is 0 Å². The number of rotatable bonds is 3. The zero-order valence-electron chi connectivity index (χ0n) is 17.7. The maximum Gasteiger partial charge on any atom is 0.0681 e. The third-order valence-electron chi connectivity index (χ3n) is 4.33. The van der Waals surface area contributed by atoms with E-state index in [-0.39, 0.29) is 41.5 Å². The Bertz CT molecular complexity index is 601. The second-order valence-electron chi connectivity index (χ2n) is 6.70. The molecule has 0 spiro atoms. The first-order valence-electron chi connectivity index (χ1n) is 10.2. The Labute approximate surface area is 196 Å². The van der Waals surface area contributed by atoms with Crippen LogP contribution >= 0.6 is 0 Å². The van der Waals surface area contributed by atoms with Crippen LogP contribution in [-0.2, 0) is 41.5 Å². The molecular formula is C26H34O3Ti. The smallest absolute Gasteiger partial charge is 0.0681 e. The van der Waals surface area contributed by atoms with E-state index < -0.39 is 0 Å². The van der Waals surface area contributed by atoms with Crippen LogP contribution in [-0.4, -0.2) is 15.3 Å². The summed E-state index contributed by atoms with van der Waals surface area (Å²) in [5, 5.41) is 25.6. The minimum Gasteiger partial charge on any atom is -0.392 e. The Hall–Kier alpha value is -1.75. The van der Waals surface area contributed by atoms with Gasteiger partial charge in [-0.3, -0.25) is 0 Å². The van der Waals surface area contributed by atoms with E-state index in [2.05, 4.69) is 0 Å². The summed E-state index contributed by atoms with van der Waals surface area (Å²) >= 11 is 0. The number of benzene rings is 3. The van der Waals surface area contributed by atoms with Gasteiger partial charge in [0.2, 0.25) is 0 Å². The zero-order valence-corrected chi connectivity index (χ0v) is 19.2. The normalized spacial score (nSPS) is 11.3. The molecule has 0 aliphatic heterocycles. The molecule has 4 rings (SSSR count). The largest absolute Gasteiger partial charge is 0.392 e. The van der Waals surface area contributed by atoms with Crippen molar-refractivity contribution >= 4 is 0 Å². The van der Waals surface area contributed by atoms with Crippen molar-refractivity contribution < 1.29 is 37.0 Å². The van der Waals surface area contributed by atoms with E-state index in [1.165, 1.54) is 32.1 Å². The van der Waals surface area contributed by atoms with Crippen LogP contribution in [0.1, 0.15) is 48.8 Å². The summed E-state index contributed by atoms with van der Waals surface area (Å²) in [6.45, 7) is 0.419. The van der Waals surface area contributed by atoms with E-state index in [9.17, 15) is 0 Å². The number of aliphatic hydroxyl groups excluding tert-OH is 3. The summed E-state index contributed by atoms with van der Waals surface area (Å²) in [5.41, 5.74) is 2.90. The summed E-state index contributed by atoms with van der Waals surface area (Å²) in [5.74, 6) is 0. The van der Waals surface area contributed by atoms with Gasteiger partial charge in [0.15, 0.2) is 0 Å². The van der Waals surface area contributed by atoms with Gasteiger partial charge >= 0.3 is 0 Å². The van der Waals surface area contributed by atoms with Crippen LogP contribution in [0.5, 0.6) is 0 Å². The standard InChI is InChI=1S/3C7H8O.C5H10.Ti/c3*8-6-7-4-2-1-3-5-7;1-2-4-5-3-1;/h3*1-5,8H,6H2;1-5H2;. The molecule has 0 saturated heterocycles. The van der Waals surface area contributed by atoms with Crippen molar-refractivity contribution in [2.24, 2.45) is 0 Å². The molecule has 3 nitrogen and oxygen atoms in total. The number of hydrogen-bond acceptors (Lipinski definition) is 3. The molecule has 3 N–H and O–H groups in total. The zero-order chi connectivity index (χ0) is 21.0. The summed E-state index contributed by atoms with van der Waals surface area (Å²) in [6.07, 6.45) is 7.50. The second kappa shape index (κ2) is 20.5. The molecule has 1 aliphatic rings. The number of aliphatic hydroxyl groups is 3. The molecule has 160 valence electrons. The van der Waals surface area contributed by atoms with Gasteiger partial charge in [-0.25, -0.2) is 0 Å². The van der Waals surface area contributed by atoms with Crippen molar-refractivity contribution in [3.8, 4) is 0 Å². The predicted octanol–water partition coefficient (Wildman–Crippen LogP) is 5.48. The quantitative estimate of drug-likeness (QED) is 0.471. The summed E-state index contributed by atoms with van der Waals surface area (Å²) < 4.78 is 0. The average Bonchev–Trinajstić information content (AvgIpc) is 3.42. The molecule has 1 aliphatic carbocycles. The molecular weight excluding hydrogens is 408 g/mol.